The molecular formula is C20H24ClNO7. The number of primary amides is 1. The fourth-order valence-electron chi connectivity index (χ4n) is 3.50. The van der Waals surface area contributed by atoms with Crippen LogP contribution in [0.4, 0.5) is 0 Å². The van der Waals surface area contributed by atoms with Crippen molar-refractivity contribution in [1.82, 2.24) is 0 Å². The van der Waals surface area contributed by atoms with Gasteiger partial charge in [0.05, 0.1) is 11.6 Å². The Morgan fingerprint density at radius 2 is 2.03 bits per heavy atom. The predicted molar refractivity (Wildman–Crippen MR) is 104 cm³/mol. The Bertz CT molecular complexity index is 840. The van der Waals surface area contributed by atoms with Crippen LogP contribution >= 0.6 is 11.6 Å². The third-order valence-electron chi connectivity index (χ3n) is 5.32. The number of rotatable bonds is 5. The minimum Gasteiger partial charge on any atom is -0.460 e. The normalized spacial score (nSPS) is 34.6. The molecule has 0 radical (unpaired) electrons. The van der Waals surface area contributed by atoms with Gasteiger partial charge in [-0.2, -0.15) is 0 Å². The van der Waals surface area contributed by atoms with Crippen molar-refractivity contribution in [2.45, 2.75) is 49.5 Å². The monoisotopic (exact) mass is 425 g/mol. The Labute approximate surface area is 172 Å². The summed E-state index contributed by atoms with van der Waals surface area (Å²) in [6.45, 7) is 1.39. The van der Waals surface area contributed by atoms with E-state index < -0.39 is 48.6 Å². The molecule has 1 aliphatic heterocycles. The first-order valence-electron chi connectivity index (χ1n) is 9.11. The number of nitrogens with two attached hydrogens (primary N) is 1. The molecular weight excluding hydrogens is 402 g/mol. The molecule has 1 heterocycles. The van der Waals surface area contributed by atoms with E-state index in [2.05, 4.69) is 0 Å². The Morgan fingerprint density at radius 3 is 2.66 bits per heavy atom. The number of aliphatic hydroxyl groups is 4. The van der Waals surface area contributed by atoms with Gasteiger partial charge in [-0.05, 0) is 24.1 Å². The van der Waals surface area contributed by atoms with Crippen LogP contribution in [0.25, 0.3) is 0 Å². The molecule has 1 aliphatic carbocycles. The highest BCUT2D eigenvalue weighted by molar-refractivity contribution is 6.32. The van der Waals surface area contributed by atoms with Crippen LogP contribution in [0.2, 0.25) is 5.02 Å². The van der Waals surface area contributed by atoms with Gasteiger partial charge in [-0.1, -0.05) is 42.8 Å². The first-order chi connectivity index (χ1) is 13.7. The lowest BCUT2D eigenvalue weighted by atomic mass is 9.74. The molecule has 1 fully saturated rings. The molecule has 158 valence electrons. The zero-order chi connectivity index (χ0) is 21.3. The quantitative estimate of drug-likeness (QED) is 0.451. The molecule has 2 aliphatic rings. The van der Waals surface area contributed by atoms with Gasteiger partial charge in [0.15, 0.2) is 0 Å². The van der Waals surface area contributed by atoms with Crippen LogP contribution in [0, 0.1) is 0 Å². The predicted octanol–water partition coefficient (Wildman–Crippen LogP) is 0.148. The molecule has 1 amide bonds. The summed E-state index contributed by atoms with van der Waals surface area (Å²) in [6.07, 6.45) is -1.15. The molecule has 0 bridgehead atoms. The summed E-state index contributed by atoms with van der Waals surface area (Å²) in [7, 11) is 0. The molecule has 0 aromatic heterocycles. The van der Waals surface area contributed by atoms with E-state index in [1.54, 1.807) is 30.4 Å². The fraction of sp³-hybridized carbons (Fsp3) is 0.450. The lowest BCUT2D eigenvalue weighted by Crippen LogP contribution is -2.60. The van der Waals surface area contributed by atoms with Crippen molar-refractivity contribution in [2.24, 2.45) is 5.73 Å². The highest BCUT2D eigenvalue weighted by Crippen LogP contribution is 2.39. The van der Waals surface area contributed by atoms with Crippen molar-refractivity contribution >= 4 is 17.5 Å². The Kier molecular flexibility index (Phi) is 6.33. The molecule has 0 spiro atoms. The van der Waals surface area contributed by atoms with Crippen LogP contribution in [-0.2, 0) is 14.9 Å². The first-order valence-corrected chi connectivity index (χ1v) is 9.49. The summed E-state index contributed by atoms with van der Waals surface area (Å²) in [5.74, 6) is -0.289. The smallest absolute Gasteiger partial charge is 0.244 e. The maximum atomic E-state index is 11.5. The number of allylic oxidation sites excluding steroid dienone is 3. The number of aliphatic hydroxyl groups excluding tert-OH is 4. The summed E-state index contributed by atoms with van der Waals surface area (Å²) in [5.41, 5.74) is 6.24. The van der Waals surface area contributed by atoms with E-state index in [-0.39, 0.29) is 10.8 Å². The highest BCUT2D eigenvalue weighted by atomic mass is 35.5. The maximum Gasteiger partial charge on any atom is 0.244 e. The largest absolute Gasteiger partial charge is 0.460 e. The van der Waals surface area contributed by atoms with Crippen LogP contribution in [0.5, 0.6) is 5.75 Å². The maximum absolute atomic E-state index is 11.5. The summed E-state index contributed by atoms with van der Waals surface area (Å²) < 4.78 is 10.9. The molecule has 3 rings (SSSR count). The number of amides is 1. The Morgan fingerprint density at radius 1 is 1.31 bits per heavy atom. The number of carbonyl (C=O) groups is 1. The van der Waals surface area contributed by atoms with Gasteiger partial charge in [0, 0.05) is 11.0 Å². The van der Waals surface area contributed by atoms with Gasteiger partial charge in [0.2, 0.25) is 12.2 Å². The molecule has 1 saturated heterocycles. The summed E-state index contributed by atoms with van der Waals surface area (Å²) in [4.78, 5) is 11.5. The minimum absolute atomic E-state index is 0.189. The van der Waals surface area contributed by atoms with E-state index in [0.717, 1.165) is 5.56 Å². The van der Waals surface area contributed by atoms with Crippen LogP contribution in [-0.4, -0.2) is 63.6 Å². The van der Waals surface area contributed by atoms with Crippen molar-refractivity contribution < 1.29 is 34.7 Å². The molecule has 1 aromatic carbocycles. The molecule has 9 heteroatoms. The fourth-order valence-corrected chi connectivity index (χ4v) is 3.72. The number of hydrogen-bond donors (Lipinski definition) is 5. The topological polar surface area (TPSA) is 142 Å². The second-order valence-corrected chi connectivity index (χ2v) is 7.88. The van der Waals surface area contributed by atoms with E-state index >= 15 is 0 Å². The number of benzene rings is 1. The number of carbonyl (C=O) groups excluding carboxylic acids is 1. The van der Waals surface area contributed by atoms with E-state index in [1.165, 1.54) is 0 Å². The second kappa shape index (κ2) is 8.43. The Balaban J connectivity index is 1.79. The molecule has 0 saturated carbocycles. The SMILES string of the molecule is CC1(c2ccc(O[C@H]3O[C@H](CO)[C@@H](O)[C@H](O)[C@@H]3O)c(Cl)c2)C=CC=C(C(N)=O)C1. The molecule has 8 nitrogen and oxygen atoms in total. The number of hydrogen-bond acceptors (Lipinski definition) is 7. The average molecular weight is 426 g/mol. The van der Waals surface area contributed by atoms with Crippen LogP contribution < -0.4 is 10.5 Å². The van der Waals surface area contributed by atoms with Crippen LogP contribution in [0.15, 0.2) is 42.0 Å². The molecule has 6 atom stereocenters. The standard InChI is InChI=1S/C20H24ClNO7/c1-20(6-2-3-10(8-20)18(22)27)11-4-5-13(12(21)7-11)28-19-17(26)16(25)15(24)14(9-23)29-19/h2-7,14-17,19,23-26H,8-9H2,1H3,(H2,22,27)/t14-,15-,16+,17+,19+,20?/m1/s1. The number of ether oxygens (including phenoxy) is 2. The van der Waals surface area contributed by atoms with Gasteiger partial charge in [0.1, 0.15) is 30.2 Å². The van der Waals surface area contributed by atoms with Crippen molar-refractivity contribution in [3.63, 3.8) is 0 Å². The first kappa shape index (κ1) is 21.8. The summed E-state index contributed by atoms with van der Waals surface area (Å²) in [5, 5.41) is 39.3. The highest BCUT2D eigenvalue weighted by Gasteiger charge is 2.45. The van der Waals surface area contributed by atoms with Crippen LogP contribution in [0.1, 0.15) is 18.9 Å². The second-order valence-electron chi connectivity index (χ2n) is 7.47. The lowest BCUT2D eigenvalue weighted by Gasteiger charge is -2.39. The van der Waals surface area contributed by atoms with E-state index in [0.29, 0.717) is 12.0 Å². The third-order valence-corrected chi connectivity index (χ3v) is 5.61. The van der Waals surface area contributed by atoms with Gasteiger partial charge < -0.3 is 35.6 Å². The van der Waals surface area contributed by atoms with Crippen molar-refractivity contribution in [2.75, 3.05) is 6.61 Å². The lowest BCUT2D eigenvalue weighted by molar-refractivity contribution is -0.277. The molecule has 1 aromatic rings. The van der Waals surface area contributed by atoms with Gasteiger partial charge in [-0.15, -0.1) is 0 Å². The zero-order valence-corrected chi connectivity index (χ0v) is 16.5. The Hall–Kier alpha value is -1.94. The summed E-state index contributed by atoms with van der Waals surface area (Å²) >= 11 is 6.36. The zero-order valence-electron chi connectivity index (χ0n) is 15.7. The van der Waals surface area contributed by atoms with Gasteiger partial charge in [-0.25, -0.2) is 0 Å². The van der Waals surface area contributed by atoms with Gasteiger partial charge >= 0.3 is 0 Å². The molecule has 6 N–H and O–H groups in total. The number of halogens is 1. The van der Waals surface area contributed by atoms with Gasteiger partial charge in [0.25, 0.3) is 0 Å². The van der Waals surface area contributed by atoms with E-state index in [4.69, 9.17) is 26.8 Å². The van der Waals surface area contributed by atoms with E-state index in [9.17, 15) is 25.2 Å². The summed E-state index contributed by atoms with van der Waals surface area (Å²) in [6, 6.07) is 5.02. The van der Waals surface area contributed by atoms with Crippen LogP contribution in [0.3, 0.4) is 0 Å². The molecule has 1 unspecified atom stereocenters. The van der Waals surface area contributed by atoms with Crippen molar-refractivity contribution in [3.05, 3.63) is 52.6 Å². The average Bonchev–Trinajstić information content (AvgIpc) is 2.69. The van der Waals surface area contributed by atoms with E-state index in [1.807, 2.05) is 13.0 Å². The third kappa shape index (κ3) is 4.32. The van der Waals surface area contributed by atoms with Crippen molar-refractivity contribution in [1.29, 1.82) is 0 Å². The molecule has 29 heavy (non-hydrogen) atoms. The van der Waals surface area contributed by atoms with Gasteiger partial charge in [-0.3, -0.25) is 4.79 Å². The van der Waals surface area contributed by atoms with Crippen molar-refractivity contribution in [3.8, 4) is 5.75 Å². The minimum atomic E-state index is -1.55.